The van der Waals surface area contributed by atoms with Crippen molar-refractivity contribution in [2.24, 2.45) is 5.84 Å². The number of nitrogens with one attached hydrogen (secondary N) is 1. The van der Waals surface area contributed by atoms with Crippen molar-refractivity contribution >= 4 is 27.7 Å². The first-order valence-corrected chi connectivity index (χ1v) is 9.05. The third kappa shape index (κ3) is 4.72. The van der Waals surface area contributed by atoms with Crippen molar-refractivity contribution in [2.45, 2.75) is 49.8 Å². The fourth-order valence-electron chi connectivity index (χ4n) is 2.62. The van der Waals surface area contributed by atoms with E-state index >= 15 is 0 Å². The highest BCUT2D eigenvalue weighted by Crippen LogP contribution is 2.29. The van der Waals surface area contributed by atoms with Gasteiger partial charge in [-0.2, -0.15) is 11.8 Å². The van der Waals surface area contributed by atoms with E-state index in [1.807, 2.05) is 17.8 Å². The summed E-state index contributed by atoms with van der Waals surface area (Å²) in [4.78, 5) is 0. The maximum atomic E-state index is 13.5. The Morgan fingerprint density at radius 3 is 2.80 bits per heavy atom. The van der Waals surface area contributed by atoms with Crippen LogP contribution >= 0.6 is 27.7 Å². The van der Waals surface area contributed by atoms with Gasteiger partial charge in [0.15, 0.2) is 0 Å². The van der Waals surface area contributed by atoms with E-state index in [-0.39, 0.29) is 11.9 Å². The predicted octanol–water partition coefficient (Wildman–Crippen LogP) is 4.03. The summed E-state index contributed by atoms with van der Waals surface area (Å²) in [6.45, 7) is 0. The summed E-state index contributed by atoms with van der Waals surface area (Å²) in [5.74, 6) is 6.42. The van der Waals surface area contributed by atoms with Crippen LogP contribution in [0.2, 0.25) is 0 Å². The van der Waals surface area contributed by atoms with Crippen molar-refractivity contribution in [3.8, 4) is 0 Å². The van der Waals surface area contributed by atoms with Crippen molar-refractivity contribution in [1.82, 2.24) is 5.43 Å². The van der Waals surface area contributed by atoms with E-state index in [1.165, 1.54) is 38.2 Å². The van der Waals surface area contributed by atoms with Gasteiger partial charge < -0.3 is 0 Å². The van der Waals surface area contributed by atoms with Crippen LogP contribution in [0.4, 0.5) is 4.39 Å². The molecule has 1 aliphatic carbocycles. The molecule has 1 atom stereocenters. The fourth-order valence-corrected chi connectivity index (χ4v) is 4.43. The molecule has 3 N–H and O–H groups in total. The minimum atomic E-state index is -0.210. The first kappa shape index (κ1) is 16.3. The van der Waals surface area contributed by atoms with Gasteiger partial charge in [-0.25, -0.2) is 4.39 Å². The molecule has 112 valence electrons. The molecule has 0 heterocycles. The fraction of sp³-hybridized carbons (Fsp3) is 0.600. The second kappa shape index (κ2) is 8.37. The van der Waals surface area contributed by atoms with E-state index in [0.29, 0.717) is 4.47 Å². The monoisotopic (exact) mass is 360 g/mol. The van der Waals surface area contributed by atoms with Gasteiger partial charge in [-0.05, 0) is 46.8 Å². The van der Waals surface area contributed by atoms with E-state index in [1.54, 1.807) is 6.07 Å². The summed E-state index contributed by atoms with van der Waals surface area (Å²) in [5, 5.41) is 0.774. The maximum Gasteiger partial charge on any atom is 0.137 e. The minimum Gasteiger partial charge on any atom is -0.271 e. The van der Waals surface area contributed by atoms with Crippen molar-refractivity contribution < 1.29 is 4.39 Å². The number of thioether (sulfide) groups is 1. The van der Waals surface area contributed by atoms with Gasteiger partial charge in [0.1, 0.15) is 5.82 Å². The molecule has 0 aliphatic heterocycles. The van der Waals surface area contributed by atoms with Gasteiger partial charge in [0.2, 0.25) is 0 Å². The topological polar surface area (TPSA) is 38.0 Å². The van der Waals surface area contributed by atoms with E-state index in [4.69, 9.17) is 5.84 Å². The molecule has 0 spiro atoms. The van der Waals surface area contributed by atoms with Crippen LogP contribution in [0.25, 0.3) is 0 Å². The molecular weight excluding hydrogens is 339 g/mol. The molecule has 1 saturated carbocycles. The summed E-state index contributed by atoms with van der Waals surface area (Å²) in [6.07, 6.45) is 7.49. The van der Waals surface area contributed by atoms with Crippen molar-refractivity contribution in [3.63, 3.8) is 0 Å². The minimum absolute atomic E-state index is 0.181. The number of rotatable bonds is 6. The standard InChI is InChI=1S/C15H22BrFN2S/c16-15-11(5-4-8-14(15)17)9-12(19-18)10-20-13-6-2-1-3-7-13/h4-5,8,12-13,19H,1-3,6-7,9-10,18H2. The Hall–Kier alpha value is -0.100. The number of hydrogen-bond donors (Lipinski definition) is 2. The second-order valence-corrected chi connectivity index (χ2v) is 7.50. The summed E-state index contributed by atoms with van der Waals surface area (Å²) < 4.78 is 14.1. The first-order valence-electron chi connectivity index (χ1n) is 7.21. The van der Waals surface area contributed by atoms with Crippen LogP contribution in [0.15, 0.2) is 22.7 Å². The lowest BCUT2D eigenvalue weighted by Crippen LogP contribution is -2.39. The number of hydrazine groups is 1. The molecule has 5 heteroatoms. The largest absolute Gasteiger partial charge is 0.271 e. The van der Waals surface area contributed by atoms with Gasteiger partial charge in [-0.1, -0.05) is 31.4 Å². The van der Waals surface area contributed by atoms with Gasteiger partial charge in [-0.15, -0.1) is 0 Å². The van der Waals surface area contributed by atoms with Crippen LogP contribution in [0, 0.1) is 5.82 Å². The van der Waals surface area contributed by atoms with E-state index in [2.05, 4.69) is 21.4 Å². The highest BCUT2D eigenvalue weighted by Gasteiger charge is 2.17. The van der Waals surface area contributed by atoms with E-state index in [9.17, 15) is 4.39 Å². The summed E-state index contributed by atoms with van der Waals surface area (Å²) in [7, 11) is 0. The molecule has 20 heavy (non-hydrogen) atoms. The lowest BCUT2D eigenvalue weighted by molar-refractivity contribution is 0.513. The van der Waals surface area contributed by atoms with Crippen molar-refractivity contribution in [1.29, 1.82) is 0 Å². The predicted molar refractivity (Wildman–Crippen MR) is 88.2 cm³/mol. The van der Waals surface area contributed by atoms with Crippen LogP contribution < -0.4 is 11.3 Å². The number of halogens is 2. The number of hydrogen-bond acceptors (Lipinski definition) is 3. The van der Waals surface area contributed by atoms with Gasteiger partial charge in [0, 0.05) is 17.0 Å². The van der Waals surface area contributed by atoms with E-state index < -0.39 is 0 Å². The Morgan fingerprint density at radius 2 is 2.10 bits per heavy atom. The zero-order chi connectivity index (χ0) is 14.4. The number of benzene rings is 1. The molecular formula is C15H22BrFN2S. The molecule has 1 aromatic rings. The Kier molecular flexibility index (Phi) is 6.81. The summed E-state index contributed by atoms with van der Waals surface area (Å²) in [6, 6.07) is 5.34. The molecule has 1 unspecified atom stereocenters. The molecule has 0 saturated heterocycles. The zero-order valence-electron chi connectivity index (χ0n) is 11.6. The average molecular weight is 361 g/mol. The lowest BCUT2D eigenvalue weighted by Gasteiger charge is -2.24. The lowest BCUT2D eigenvalue weighted by atomic mass is 10.0. The summed E-state index contributed by atoms with van der Waals surface area (Å²) >= 11 is 5.32. The molecule has 2 rings (SSSR count). The Bertz CT molecular complexity index is 424. The van der Waals surface area contributed by atoms with Crippen molar-refractivity contribution in [2.75, 3.05) is 5.75 Å². The van der Waals surface area contributed by atoms with Crippen LogP contribution in [-0.4, -0.2) is 17.0 Å². The molecule has 2 nitrogen and oxygen atoms in total. The molecule has 1 aliphatic rings. The third-order valence-corrected chi connectivity index (χ3v) is 6.24. The SMILES string of the molecule is NNC(CSC1CCCCC1)Cc1cccc(F)c1Br. The molecule has 0 aromatic heterocycles. The quantitative estimate of drug-likeness (QED) is 0.594. The van der Waals surface area contributed by atoms with E-state index in [0.717, 1.165) is 23.0 Å². The summed E-state index contributed by atoms with van der Waals surface area (Å²) in [5.41, 5.74) is 3.84. The average Bonchev–Trinajstić information content (AvgIpc) is 2.49. The van der Waals surface area contributed by atoms with Crippen LogP contribution in [-0.2, 0) is 6.42 Å². The van der Waals surface area contributed by atoms with Gasteiger partial charge in [-0.3, -0.25) is 11.3 Å². The molecule has 0 bridgehead atoms. The highest BCUT2D eigenvalue weighted by atomic mass is 79.9. The van der Waals surface area contributed by atoms with Crippen LogP contribution in [0.1, 0.15) is 37.7 Å². The normalized spacial score (nSPS) is 18.1. The third-order valence-electron chi connectivity index (χ3n) is 3.82. The second-order valence-electron chi connectivity index (χ2n) is 5.37. The first-order chi connectivity index (χ1) is 9.70. The van der Waals surface area contributed by atoms with Gasteiger partial charge in [0.05, 0.1) is 4.47 Å². The maximum absolute atomic E-state index is 13.5. The Balaban J connectivity index is 1.86. The number of nitrogens with two attached hydrogens (primary N) is 1. The smallest absolute Gasteiger partial charge is 0.137 e. The Morgan fingerprint density at radius 1 is 1.35 bits per heavy atom. The zero-order valence-corrected chi connectivity index (χ0v) is 14.0. The van der Waals surface area contributed by atoms with Crippen LogP contribution in [0.5, 0.6) is 0 Å². The van der Waals surface area contributed by atoms with Gasteiger partial charge in [0.25, 0.3) is 0 Å². The molecule has 1 aromatic carbocycles. The van der Waals surface area contributed by atoms with Crippen molar-refractivity contribution in [3.05, 3.63) is 34.1 Å². The van der Waals surface area contributed by atoms with Crippen LogP contribution in [0.3, 0.4) is 0 Å². The molecule has 1 fully saturated rings. The highest BCUT2D eigenvalue weighted by molar-refractivity contribution is 9.10. The molecule has 0 amide bonds. The van der Waals surface area contributed by atoms with Gasteiger partial charge >= 0.3 is 0 Å². The Labute approximate surface area is 133 Å². The molecule has 0 radical (unpaired) electrons.